The predicted octanol–water partition coefficient (Wildman–Crippen LogP) is 1.64. The fraction of sp³-hybridized carbons (Fsp3) is 0.143. The summed E-state index contributed by atoms with van der Waals surface area (Å²) in [6.45, 7) is 3.29. The van der Waals surface area contributed by atoms with Crippen molar-refractivity contribution in [2.24, 2.45) is 10.8 Å². The highest BCUT2D eigenvalue weighted by molar-refractivity contribution is 7.80. The maximum atomic E-state index is 11.2. The minimum Gasteiger partial charge on any atom is -0.424 e. The van der Waals surface area contributed by atoms with E-state index in [0.717, 1.165) is 16.3 Å². The maximum Gasteiger partial charge on any atom is 0.308 e. The van der Waals surface area contributed by atoms with Crippen molar-refractivity contribution in [1.29, 1.82) is 0 Å². The standard InChI is InChI=1S/C14H14N4O2S/c1-8-4-3-5-10-11(6-17-18-14(15)21)16-7-12(13(8)10)20-9(2)19/h3-7H,1-2H3,(H3,15,18,21)/b17-6+. The van der Waals surface area contributed by atoms with Gasteiger partial charge in [0.2, 0.25) is 0 Å². The van der Waals surface area contributed by atoms with Gasteiger partial charge in [0.05, 0.1) is 18.1 Å². The number of aryl methyl sites for hydroxylation is 1. The molecule has 0 saturated heterocycles. The Kier molecular flexibility index (Phi) is 4.44. The maximum absolute atomic E-state index is 11.2. The van der Waals surface area contributed by atoms with Crippen LogP contribution in [0, 0.1) is 6.92 Å². The lowest BCUT2D eigenvalue weighted by molar-refractivity contribution is -0.131. The summed E-state index contributed by atoms with van der Waals surface area (Å²) in [7, 11) is 0. The Morgan fingerprint density at radius 3 is 2.95 bits per heavy atom. The Labute approximate surface area is 127 Å². The molecular formula is C14H14N4O2S. The number of thiocarbonyl (C=S) groups is 1. The number of fused-ring (bicyclic) bond motifs is 1. The first-order valence-corrected chi connectivity index (χ1v) is 6.55. The van der Waals surface area contributed by atoms with Crippen LogP contribution in [0.5, 0.6) is 5.75 Å². The quantitative estimate of drug-likeness (QED) is 0.388. The summed E-state index contributed by atoms with van der Waals surface area (Å²) in [5, 5.41) is 5.61. The first kappa shape index (κ1) is 14.9. The van der Waals surface area contributed by atoms with E-state index in [1.807, 2.05) is 25.1 Å². The number of pyridine rings is 1. The van der Waals surface area contributed by atoms with Crippen LogP contribution < -0.4 is 15.9 Å². The number of aromatic nitrogens is 1. The number of ether oxygens (including phenoxy) is 1. The number of rotatable bonds is 3. The van der Waals surface area contributed by atoms with E-state index in [4.69, 9.17) is 10.5 Å². The molecule has 21 heavy (non-hydrogen) atoms. The molecule has 1 aromatic heterocycles. The van der Waals surface area contributed by atoms with E-state index in [9.17, 15) is 4.79 Å². The molecule has 0 aliphatic carbocycles. The molecule has 6 nitrogen and oxygen atoms in total. The van der Waals surface area contributed by atoms with Gasteiger partial charge in [-0.25, -0.2) is 0 Å². The summed E-state index contributed by atoms with van der Waals surface area (Å²) in [6.07, 6.45) is 3.01. The van der Waals surface area contributed by atoms with Crippen molar-refractivity contribution < 1.29 is 9.53 Å². The van der Waals surface area contributed by atoms with Crippen molar-refractivity contribution in [1.82, 2.24) is 10.4 Å². The summed E-state index contributed by atoms with van der Waals surface area (Å²) < 4.78 is 5.20. The molecule has 2 rings (SSSR count). The second kappa shape index (κ2) is 6.27. The van der Waals surface area contributed by atoms with Crippen LogP contribution in [0.25, 0.3) is 10.8 Å². The number of nitrogens with two attached hydrogens (primary N) is 1. The third-order valence-electron chi connectivity index (χ3n) is 2.73. The molecule has 1 heterocycles. The van der Waals surface area contributed by atoms with Gasteiger partial charge in [-0.1, -0.05) is 18.2 Å². The molecular weight excluding hydrogens is 288 g/mol. The lowest BCUT2D eigenvalue weighted by Crippen LogP contribution is -2.24. The summed E-state index contributed by atoms with van der Waals surface area (Å²) in [4.78, 5) is 15.4. The number of esters is 1. The number of carbonyl (C=O) groups excluding carboxylic acids is 1. The molecule has 0 fully saturated rings. The van der Waals surface area contributed by atoms with Gasteiger partial charge in [-0.2, -0.15) is 5.10 Å². The Hall–Kier alpha value is -2.54. The fourth-order valence-electron chi connectivity index (χ4n) is 1.96. The second-order valence-corrected chi connectivity index (χ2v) is 4.77. The van der Waals surface area contributed by atoms with Gasteiger partial charge >= 0.3 is 5.97 Å². The minimum absolute atomic E-state index is 0.0725. The van der Waals surface area contributed by atoms with Crippen LogP contribution in [0.3, 0.4) is 0 Å². The lowest BCUT2D eigenvalue weighted by Gasteiger charge is -2.10. The van der Waals surface area contributed by atoms with Crippen molar-refractivity contribution in [3.05, 3.63) is 35.7 Å². The number of hydrazone groups is 1. The largest absolute Gasteiger partial charge is 0.424 e. The lowest BCUT2D eigenvalue weighted by atomic mass is 10.0. The van der Waals surface area contributed by atoms with Gasteiger partial charge < -0.3 is 10.5 Å². The van der Waals surface area contributed by atoms with E-state index in [1.165, 1.54) is 19.3 Å². The fourth-order valence-corrected chi connectivity index (χ4v) is 2.02. The SMILES string of the molecule is CC(=O)Oc1cnc(/C=N/NC(N)=S)c2cccc(C)c12. The molecule has 2 aromatic rings. The summed E-state index contributed by atoms with van der Waals surface area (Å²) in [5.74, 6) is 0.0352. The van der Waals surface area contributed by atoms with Crippen LogP contribution in [0.1, 0.15) is 18.2 Å². The molecule has 0 spiro atoms. The Morgan fingerprint density at radius 2 is 2.29 bits per heavy atom. The zero-order chi connectivity index (χ0) is 15.4. The highest BCUT2D eigenvalue weighted by atomic mass is 32.1. The number of hydrogen-bond acceptors (Lipinski definition) is 5. The van der Waals surface area contributed by atoms with Gasteiger partial charge in [0.15, 0.2) is 10.9 Å². The normalized spacial score (nSPS) is 10.8. The number of hydrogen-bond donors (Lipinski definition) is 2. The first-order valence-electron chi connectivity index (χ1n) is 6.14. The first-order chi connectivity index (χ1) is 9.99. The van der Waals surface area contributed by atoms with E-state index in [-0.39, 0.29) is 5.11 Å². The smallest absolute Gasteiger partial charge is 0.308 e. The van der Waals surface area contributed by atoms with Crippen LogP contribution in [0.15, 0.2) is 29.5 Å². The molecule has 0 aliphatic rings. The number of nitrogens with one attached hydrogen (secondary N) is 1. The molecule has 108 valence electrons. The van der Waals surface area contributed by atoms with Gasteiger partial charge in [-0.05, 0) is 24.7 Å². The Balaban J connectivity index is 2.55. The van der Waals surface area contributed by atoms with E-state index < -0.39 is 5.97 Å². The molecule has 0 aliphatic heterocycles. The molecule has 0 saturated carbocycles. The highest BCUT2D eigenvalue weighted by Gasteiger charge is 2.11. The summed E-state index contributed by atoms with van der Waals surface area (Å²) >= 11 is 4.67. The molecule has 0 amide bonds. The van der Waals surface area contributed by atoms with Crippen molar-refractivity contribution in [3.63, 3.8) is 0 Å². The topological polar surface area (TPSA) is 89.6 Å². The molecule has 0 radical (unpaired) electrons. The van der Waals surface area contributed by atoms with Crippen molar-refractivity contribution in [2.45, 2.75) is 13.8 Å². The molecule has 0 atom stereocenters. The summed E-state index contributed by atoms with van der Waals surface area (Å²) in [6, 6.07) is 5.71. The van der Waals surface area contributed by atoms with Crippen LogP contribution in [0.4, 0.5) is 0 Å². The number of nitrogens with zero attached hydrogens (tertiary/aromatic N) is 2. The Morgan fingerprint density at radius 1 is 1.52 bits per heavy atom. The van der Waals surface area contributed by atoms with Crippen LogP contribution in [-0.2, 0) is 4.79 Å². The monoisotopic (exact) mass is 302 g/mol. The van der Waals surface area contributed by atoms with Gasteiger partial charge in [0, 0.05) is 17.7 Å². The average Bonchev–Trinajstić information content (AvgIpc) is 2.40. The van der Waals surface area contributed by atoms with Crippen LogP contribution in [-0.4, -0.2) is 22.3 Å². The van der Waals surface area contributed by atoms with Crippen molar-refractivity contribution in [2.75, 3.05) is 0 Å². The average molecular weight is 302 g/mol. The molecule has 0 bridgehead atoms. The van der Waals surface area contributed by atoms with Gasteiger partial charge in [-0.3, -0.25) is 15.2 Å². The third kappa shape index (κ3) is 3.51. The highest BCUT2D eigenvalue weighted by Crippen LogP contribution is 2.29. The van der Waals surface area contributed by atoms with E-state index in [0.29, 0.717) is 11.4 Å². The van der Waals surface area contributed by atoms with E-state index in [2.05, 4.69) is 27.7 Å². The number of benzene rings is 1. The van der Waals surface area contributed by atoms with Gasteiger partial charge in [0.1, 0.15) is 0 Å². The minimum atomic E-state index is -0.391. The van der Waals surface area contributed by atoms with Crippen molar-refractivity contribution in [3.8, 4) is 5.75 Å². The zero-order valence-electron chi connectivity index (χ0n) is 11.6. The predicted molar refractivity (Wildman–Crippen MR) is 85.3 cm³/mol. The molecule has 0 unspecified atom stereocenters. The zero-order valence-corrected chi connectivity index (χ0v) is 12.4. The molecule has 1 aromatic carbocycles. The van der Waals surface area contributed by atoms with E-state index >= 15 is 0 Å². The third-order valence-corrected chi connectivity index (χ3v) is 2.82. The van der Waals surface area contributed by atoms with Crippen molar-refractivity contribution >= 4 is 40.3 Å². The van der Waals surface area contributed by atoms with Crippen LogP contribution in [0.2, 0.25) is 0 Å². The van der Waals surface area contributed by atoms with Gasteiger partial charge in [0.25, 0.3) is 0 Å². The van der Waals surface area contributed by atoms with E-state index in [1.54, 1.807) is 0 Å². The number of carbonyl (C=O) groups is 1. The molecule has 7 heteroatoms. The Bertz CT molecular complexity index is 743. The second-order valence-electron chi connectivity index (χ2n) is 4.33. The summed E-state index contributed by atoms with van der Waals surface area (Å²) in [5.41, 5.74) is 9.37. The molecule has 3 N–H and O–H groups in total. The van der Waals surface area contributed by atoms with Gasteiger partial charge in [-0.15, -0.1) is 0 Å². The van der Waals surface area contributed by atoms with Crippen LogP contribution >= 0.6 is 12.2 Å².